The van der Waals surface area contributed by atoms with Gasteiger partial charge in [-0.15, -0.1) is 0 Å². The number of aromatic nitrogens is 1. The second-order valence-electron chi connectivity index (χ2n) is 3.96. The van der Waals surface area contributed by atoms with E-state index in [0.717, 1.165) is 11.4 Å². The number of pyridine rings is 1. The van der Waals surface area contributed by atoms with Gasteiger partial charge in [0.05, 0.1) is 15.5 Å². The molecule has 20 heavy (non-hydrogen) atoms. The Labute approximate surface area is 124 Å². The van der Waals surface area contributed by atoms with Gasteiger partial charge in [0, 0.05) is 19.3 Å². The molecule has 0 fully saturated rings. The topological polar surface area (TPSA) is 77.3 Å². The zero-order valence-electron chi connectivity index (χ0n) is 10.7. The summed E-state index contributed by atoms with van der Waals surface area (Å²) < 4.78 is 6.28. The first-order valence-electron chi connectivity index (χ1n) is 5.79. The standard InChI is InChI=1S/C13H12BrN3O3/c1-15-13-6-9(4-5-16-13)8-20-12-7-10(17(18)19)2-3-11(12)14/h2-7H,8H2,1H3,(H,15,16). The van der Waals surface area contributed by atoms with Crippen LogP contribution in [-0.2, 0) is 6.61 Å². The smallest absolute Gasteiger partial charge is 0.273 e. The van der Waals surface area contributed by atoms with Crippen molar-refractivity contribution in [3.8, 4) is 5.75 Å². The Balaban J connectivity index is 2.13. The predicted molar refractivity (Wildman–Crippen MR) is 78.9 cm³/mol. The van der Waals surface area contributed by atoms with E-state index in [-0.39, 0.29) is 5.69 Å². The first kappa shape index (κ1) is 14.3. The van der Waals surface area contributed by atoms with Gasteiger partial charge in [-0.1, -0.05) is 0 Å². The fourth-order valence-corrected chi connectivity index (χ4v) is 1.94. The van der Waals surface area contributed by atoms with Gasteiger partial charge in [0.25, 0.3) is 5.69 Å². The van der Waals surface area contributed by atoms with Crippen molar-refractivity contribution < 1.29 is 9.66 Å². The number of nitro benzene ring substituents is 1. The summed E-state index contributed by atoms with van der Waals surface area (Å²) in [4.78, 5) is 14.4. The number of nitrogens with zero attached hydrogens (tertiary/aromatic N) is 2. The van der Waals surface area contributed by atoms with Crippen molar-refractivity contribution in [3.05, 3.63) is 56.7 Å². The third kappa shape index (κ3) is 3.45. The van der Waals surface area contributed by atoms with Crippen molar-refractivity contribution in [3.63, 3.8) is 0 Å². The minimum atomic E-state index is -0.454. The van der Waals surface area contributed by atoms with Crippen LogP contribution < -0.4 is 10.1 Å². The van der Waals surface area contributed by atoms with Crippen LogP contribution in [0.4, 0.5) is 11.5 Å². The molecule has 1 aromatic heterocycles. The second kappa shape index (κ2) is 6.33. The number of hydrogen-bond acceptors (Lipinski definition) is 5. The Kier molecular flexibility index (Phi) is 4.52. The highest BCUT2D eigenvalue weighted by atomic mass is 79.9. The number of rotatable bonds is 5. The number of non-ortho nitro benzene ring substituents is 1. The van der Waals surface area contributed by atoms with E-state index in [4.69, 9.17) is 4.74 Å². The van der Waals surface area contributed by atoms with Gasteiger partial charge in [0.2, 0.25) is 0 Å². The van der Waals surface area contributed by atoms with Crippen molar-refractivity contribution >= 4 is 27.4 Å². The molecular weight excluding hydrogens is 326 g/mol. The maximum Gasteiger partial charge on any atom is 0.273 e. The van der Waals surface area contributed by atoms with E-state index in [1.54, 1.807) is 19.3 Å². The average Bonchev–Trinajstić information content (AvgIpc) is 2.46. The molecule has 1 N–H and O–H groups in total. The van der Waals surface area contributed by atoms with Crippen molar-refractivity contribution in [2.75, 3.05) is 12.4 Å². The summed E-state index contributed by atoms with van der Waals surface area (Å²) in [5.74, 6) is 1.17. The Morgan fingerprint density at radius 2 is 2.20 bits per heavy atom. The van der Waals surface area contributed by atoms with Gasteiger partial charge in [0.15, 0.2) is 0 Å². The average molecular weight is 338 g/mol. The van der Waals surface area contributed by atoms with Crippen LogP contribution in [0.1, 0.15) is 5.56 Å². The molecule has 1 aromatic carbocycles. The van der Waals surface area contributed by atoms with E-state index in [1.165, 1.54) is 12.1 Å². The van der Waals surface area contributed by atoms with Crippen LogP contribution in [0, 0.1) is 10.1 Å². The molecule has 0 unspecified atom stereocenters. The molecular formula is C13H12BrN3O3. The first-order valence-corrected chi connectivity index (χ1v) is 6.59. The number of halogens is 1. The molecule has 0 aliphatic carbocycles. The molecule has 6 nitrogen and oxygen atoms in total. The van der Waals surface area contributed by atoms with E-state index >= 15 is 0 Å². The fourth-order valence-electron chi connectivity index (χ4n) is 1.58. The van der Waals surface area contributed by atoms with Gasteiger partial charge in [-0.2, -0.15) is 0 Å². The third-order valence-electron chi connectivity index (χ3n) is 2.60. The molecule has 0 radical (unpaired) electrons. The van der Waals surface area contributed by atoms with Crippen LogP contribution in [0.2, 0.25) is 0 Å². The normalized spacial score (nSPS) is 10.1. The Morgan fingerprint density at radius 3 is 2.90 bits per heavy atom. The highest BCUT2D eigenvalue weighted by molar-refractivity contribution is 9.10. The van der Waals surface area contributed by atoms with E-state index in [1.807, 2.05) is 12.1 Å². The van der Waals surface area contributed by atoms with Crippen molar-refractivity contribution in [1.29, 1.82) is 0 Å². The summed E-state index contributed by atoms with van der Waals surface area (Å²) in [5.41, 5.74) is 0.914. The lowest BCUT2D eigenvalue weighted by Gasteiger charge is -2.09. The van der Waals surface area contributed by atoms with Crippen LogP contribution in [0.3, 0.4) is 0 Å². The van der Waals surface area contributed by atoms with E-state index in [9.17, 15) is 10.1 Å². The van der Waals surface area contributed by atoms with E-state index in [2.05, 4.69) is 26.2 Å². The van der Waals surface area contributed by atoms with Crippen LogP contribution in [-0.4, -0.2) is 17.0 Å². The van der Waals surface area contributed by atoms with Crippen molar-refractivity contribution in [2.45, 2.75) is 6.61 Å². The zero-order valence-corrected chi connectivity index (χ0v) is 12.3. The summed E-state index contributed by atoms with van der Waals surface area (Å²) in [6.07, 6.45) is 1.67. The Morgan fingerprint density at radius 1 is 1.40 bits per heavy atom. The van der Waals surface area contributed by atoms with E-state index in [0.29, 0.717) is 16.8 Å². The largest absolute Gasteiger partial charge is 0.487 e. The molecule has 104 valence electrons. The molecule has 0 saturated carbocycles. The molecule has 2 aromatic rings. The molecule has 0 spiro atoms. The molecule has 0 aliphatic rings. The number of benzene rings is 1. The lowest BCUT2D eigenvalue weighted by Crippen LogP contribution is -1.99. The minimum absolute atomic E-state index is 0.00570. The Hall–Kier alpha value is -2.15. The quantitative estimate of drug-likeness (QED) is 0.668. The van der Waals surface area contributed by atoms with Gasteiger partial charge < -0.3 is 10.1 Å². The molecule has 0 saturated heterocycles. The van der Waals surface area contributed by atoms with Crippen LogP contribution >= 0.6 is 15.9 Å². The third-order valence-corrected chi connectivity index (χ3v) is 3.26. The molecule has 2 rings (SSSR count). The maximum atomic E-state index is 10.7. The number of ether oxygens (including phenoxy) is 1. The molecule has 7 heteroatoms. The van der Waals surface area contributed by atoms with Gasteiger partial charge in [-0.3, -0.25) is 10.1 Å². The second-order valence-corrected chi connectivity index (χ2v) is 4.81. The van der Waals surface area contributed by atoms with E-state index < -0.39 is 4.92 Å². The van der Waals surface area contributed by atoms with Crippen molar-refractivity contribution in [1.82, 2.24) is 4.98 Å². The highest BCUT2D eigenvalue weighted by Gasteiger charge is 2.10. The number of nitro groups is 1. The van der Waals surface area contributed by atoms with Gasteiger partial charge in [-0.25, -0.2) is 4.98 Å². The summed E-state index contributed by atoms with van der Waals surface area (Å²) in [6, 6.07) is 8.09. The number of nitrogens with one attached hydrogen (secondary N) is 1. The number of hydrogen-bond donors (Lipinski definition) is 1. The van der Waals surface area contributed by atoms with Crippen molar-refractivity contribution in [2.24, 2.45) is 0 Å². The van der Waals surface area contributed by atoms with Gasteiger partial charge >= 0.3 is 0 Å². The zero-order chi connectivity index (χ0) is 14.5. The van der Waals surface area contributed by atoms with Crippen LogP contribution in [0.5, 0.6) is 5.75 Å². The molecule has 1 heterocycles. The molecule has 0 amide bonds. The SMILES string of the molecule is CNc1cc(COc2cc([N+](=O)[O-])ccc2Br)ccn1. The van der Waals surface area contributed by atoms with Crippen LogP contribution in [0.15, 0.2) is 41.0 Å². The maximum absolute atomic E-state index is 10.7. The summed E-state index contributed by atoms with van der Waals surface area (Å²) in [6.45, 7) is 0.303. The minimum Gasteiger partial charge on any atom is -0.487 e. The molecule has 0 atom stereocenters. The number of anilines is 1. The fraction of sp³-hybridized carbons (Fsp3) is 0.154. The lowest BCUT2D eigenvalue weighted by molar-refractivity contribution is -0.385. The van der Waals surface area contributed by atoms with Crippen LogP contribution in [0.25, 0.3) is 0 Å². The summed E-state index contributed by atoms with van der Waals surface area (Å²) in [5, 5.41) is 13.7. The molecule has 0 bridgehead atoms. The summed E-state index contributed by atoms with van der Waals surface area (Å²) in [7, 11) is 1.78. The van der Waals surface area contributed by atoms with Gasteiger partial charge in [0.1, 0.15) is 18.2 Å². The Bertz CT molecular complexity index is 634. The summed E-state index contributed by atoms with van der Waals surface area (Å²) >= 11 is 3.31. The van der Waals surface area contributed by atoms with Gasteiger partial charge in [-0.05, 0) is 39.7 Å². The molecule has 0 aliphatic heterocycles. The highest BCUT2D eigenvalue weighted by Crippen LogP contribution is 2.29. The monoisotopic (exact) mass is 337 g/mol. The predicted octanol–water partition coefficient (Wildman–Crippen LogP) is 3.37. The first-order chi connectivity index (χ1) is 9.60. The lowest BCUT2D eigenvalue weighted by atomic mass is 10.2.